The van der Waals surface area contributed by atoms with E-state index in [1.165, 1.54) is 0 Å². The van der Waals surface area contributed by atoms with E-state index in [4.69, 9.17) is 11.0 Å². The minimum Gasteiger partial charge on any atom is -0.326 e. The van der Waals surface area contributed by atoms with Gasteiger partial charge in [-0.2, -0.15) is 9.57 Å². The second kappa shape index (κ2) is 7.69. The van der Waals surface area contributed by atoms with Gasteiger partial charge in [0.15, 0.2) is 9.84 Å². The molecular formula is C13H19N3O4S2. The average Bonchev–Trinajstić information content (AvgIpc) is 2.37. The van der Waals surface area contributed by atoms with Crippen molar-refractivity contribution in [2.24, 2.45) is 5.73 Å². The van der Waals surface area contributed by atoms with E-state index in [9.17, 15) is 16.8 Å². The van der Waals surface area contributed by atoms with Crippen LogP contribution in [0.2, 0.25) is 0 Å². The molecule has 1 aromatic rings. The van der Waals surface area contributed by atoms with Crippen molar-refractivity contribution in [1.29, 1.82) is 5.26 Å². The van der Waals surface area contributed by atoms with Gasteiger partial charge in [0.25, 0.3) is 0 Å². The first-order chi connectivity index (χ1) is 10.1. The average molecular weight is 345 g/mol. The van der Waals surface area contributed by atoms with Gasteiger partial charge in [0.05, 0.1) is 23.8 Å². The molecule has 7 nitrogen and oxygen atoms in total. The number of sulfone groups is 1. The van der Waals surface area contributed by atoms with E-state index in [2.05, 4.69) is 0 Å². The second-order valence-corrected chi connectivity index (χ2v) is 9.11. The zero-order valence-electron chi connectivity index (χ0n) is 12.2. The van der Waals surface area contributed by atoms with E-state index in [1.807, 2.05) is 0 Å². The Kier molecular flexibility index (Phi) is 6.49. The van der Waals surface area contributed by atoms with E-state index in [0.29, 0.717) is 5.56 Å². The van der Waals surface area contributed by atoms with Crippen molar-refractivity contribution < 1.29 is 16.8 Å². The Hall–Kier alpha value is -1.47. The molecule has 0 fully saturated rings. The summed E-state index contributed by atoms with van der Waals surface area (Å²) in [6.45, 7) is -0.564. The van der Waals surface area contributed by atoms with Gasteiger partial charge in [-0.3, -0.25) is 0 Å². The predicted molar refractivity (Wildman–Crippen MR) is 83.9 cm³/mol. The fourth-order valence-electron chi connectivity index (χ4n) is 1.92. The SMILES string of the molecule is CS(=O)(=O)N(CC#N)CC(N)CS(=O)(=O)Cc1ccccc1. The van der Waals surface area contributed by atoms with Gasteiger partial charge in [0.2, 0.25) is 10.0 Å². The van der Waals surface area contributed by atoms with Crippen LogP contribution in [0.1, 0.15) is 5.56 Å². The summed E-state index contributed by atoms with van der Waals surface area (Å²) in [5.41, 5.74) is 6.39. The number of nitriles is 1. The Balaban J connectivity index is 2.70. The molecule has 0 saturated heterocycles. The quantitative estimate of drug-likeness (QED) is 0.646. The third-order valence-electron chi connectivity index (χ3n) is 2.85. The standard InChI is InChI=1S/C13H19N3O4S2/c1-21(17,18)16(8-7-14)9-13(15)11-22(19,20)10-12-5-3-2-4-6-12/h2-6,13H,8-11,15H2,1H3. The van der Waals surface area contributed by atoms with Crippen molar-refractivity contribution in [2.45, 2.75) is 11.8 Å². The lowest BCUT2D eigenvalue weighted by Gasteiger charge is -2.21. The summed E-state index contributed by atoms with van der Waals surface area (Å²) < 4.78 is 48.0. The Morgan fingerprint density at radius 3 is 2.32 bits per heavy atom. The lowest BCUT2D eigenvalue weighted by atomic mass is 10.2. The van der Waals surface area contributed by atoms with Crippen molar-refractivity contribution in [3.05, 3.63) is 35.9 Å². The van der Waals surface area contributed by atoms with Crippen LogP contribution in [-0.4, -0.2) is 52.3 Å². The molecule has 2 N–H and O–H groups in total. The maximum atomic E-state index is 12.1. The fraction of sp³-hybridized carbons (Fsp3) is 0.462. The molecule has 22 heavy (non-hydrogen) atoms. The number of nitrogens with zero attached hydrogens (tertiary/aromatic N) is 2. The molecule has 0 saturated carbocycles. The first-order valence-electron chi connectivity index (χ1n) is 6.46. The predicted octanol–water partition coefficient (Wildman–Crippen LogP) is -0.286. The molecule has 1 rings (SSSR count). The molecule has 0 radical (unpaired) electrons. The summed E-state index contributed by atoms with van der Waals surface area (Å²) in [7, 11) is -7.07. The number of benzene rings is 1. The minimum atomic E-state index is -3.60. The number of hydrogen-bond acceptors (Lipinski definition) is 6. The summed E-state index contributed by atoms with van der Waals surface area (Å²) >= 11 is 0. The summed E-state index contributed by atoms with van der Waals surface area (Å²) in [6, 6.07) is 9.49. The van der Waals surface area contributed by atoms with E-state index in [0.717, 1.165) is 10.6 Å². The monoisotopic (exact) mass is 345 g/mol. The van der Waals surface area contributed by atoms with E-state index in [-0.39, 0.29) is 24.6 Å². The molecule has 0 bridgehead atoms. The molecule has 0 heterocycles. The first kappa shape index (κ1) is 18.6. The summed E-state index contributed by atoms with van der Waals surface area (Å²) in [4.78, 5) is 0. The maximum Gasteiger partial charge on any atom is 0.212 e. The van der Waals surface area contributed by atoms with Gasteiger partial charge in [-0.15, -0.1) is 0 Å². The van der Waals surface area contributed by atoms with Gasteiger partial charge in [-0.05, 0) is 5.56 Å². The normalized spacial score (nSPS) is 13.7. The first-order valence-corrected chi connectivity index (χ1v) is 10.1. The van der Waals surface area contributed by atoms with E-state index < -0.39 is 25.9 Å². The van der Waals surface area contributed by atoms with Gasteiger partial charge < -0.3 is 5.73 Å². The van der Waals surface area contributed by atoms with Gasteiger partial charge in [-0.1, -0.05) is 30.3 Å². The van der Waals surface area contributed by atoms with Gasteiger partial charge in [-0.25, -0.2) is 16.8 Å². The van der Waals surface area contributed by atoms with Crippen LogP contribution in [0.25, 0.3) is 0 Å². The number of rotatable bonds is 8. The molecule has 0 aliphatic rings. The molecule has 0 amide bonds. The second-order valence-electron chi connectivity index (χ2n) is 5.01. The van der Waals surface area contributed by atoms with Crippen molar-refractivity contribution in [2.75, 3.05) is 25.1 Å². The molecule has 1 unspecified atom stereocenters. The van der Waals surface area contributed by atoms with Crippen LogP contribution in [0.4, 0.5) is 0 Å². The highest BCUT2D eigenvalue weighted by molar-refractivity contribution is 7.90. The van der Waals surface area contributed by atoms with Crippen LogP contribution in [0.3, 0.4) is 0 Å². The van der Waals surface area contributed by atoms with Crippen LogP contribution >= 0.6 is 0 Å². The molecule has 1 atom stereocenters. The third-order valence-corrected chi connectivity index (χ3v) is 5.78. The van der Waals surface area contributed by atoms with Crippen molar-refractivity contribution >= 4 is 19.9 Å². The van der Waals surface area contributed by atoms with Gasteiger partial charge in [0.1, 0.15) is 6.54 Å². The summed E-state index contributed by atoms with van der Waals surface area (Å²) in [6.07, 6.45) is 0.954. The molecule has 1 aromatic carbocycles. The van der Waals surface area contributed by atoms with Crippen LogP contribution < -0.4 is 5.73 Å². The zero-order chi connectivity index (χ0) is 16.8. The number of hydrogen-bond donors (Lipinski definition) is 1. The molecule has 0 aliphatic carbocycles. The number of sulfonamides is 1. The Morgan fingerprint density at radius 1 is 1.23 bits per heavy atom. The van der Waals surface area contributed by atoms with Crippen molar-refractivity contribution in [1.82, 2.24) is 4.31 Å². The molecule has 0 aromatic heterocycles. The van der Waals surface area contributed by atoms with Gasteiger partial charge >= 0.3 is 0 Å². The smallest absolute Gasteiger partial charge is 0.212 e. The van der Waals surface area contributed by atoms with Crippen molar-refractivity contribution in [3.8, 4) is 6.07 Å². The lowest BCUT2D eigenvalue weighted by Crippen LogP contribution is -2.44. The highest BCUT2D eigenvalue weighted by Gasteiger charge is 2.23. The molecule has 0 spiro atoms. The maximum absolute atomic E-state index is 12.1. The molecular weight excluding hydrogens is 326 g/mol. The Bertz CT molecular complexity index is 724. The lowest BCUT2D eigenvalue weighted by molar-refractivity contribution is 0.425. The van der Waals surface area contributed by atoms with Gasteiger partial charge in [0, 0.05) is 12.6 Å². The van der Waals surface area contributed by atoms with Crippen molar-refractivity contribution in [3.63, 3.8) is 0 Å². The minimum absolute atomic E-state index is 0.154. The highest BCUT2D eigenvalue weighted by Crippen LogP contribution is 2.08. The van der Waals surface area contributed by atoms with E-state index >= 15 is 0 Å². The van der Waals surface area contributed by atoms with Crippen LogP contribution in [-0.2, 0) is 25.6 Å². The summed E-state index contributed by atoms with van der Waals surface area (Å²) in [5, 5.41) is 8.63. The topological polar surface area (TPSA) is 121 Å². The molecule has 9 heteroatoms. The molecule has 0 aliphatic heterocycles. The van der Waals surface area contributed by atoms with Crippen LogP contribution in [0.5, 0.6) is 0 Å². The zero-order valence-corrected chi connectivity index (χ0v) is 13.8. The molecule has 122 valence electrons. The van der Waals surface area contributed by atoms with E-state index in [1.54, 1.807) is 36.4 Å². The highest BCUT2D eigenvalue weighted by atomic mass is 32.2. The summed E-state index contributed by atoms with van der Waals surface area (Å²) in [5.74, 6) is -0.502. The fourth-order valence-corrected chi connectivity index (χ4v) is 4.25. The van der Waals surface area contributed by atoms with Crippen LogP contribution in [0.15, 0.2) is 30.3 Å². The Labute approximate surface area is 131 Å². The Morgan fingerprint density at radius 2 is 1.82 bits per heavy atom. The number of nitrogens with two attached hydrogens (primary N) is 1. The van der Waals surface area contributed by atoms with Crippen LogP contribution in [0, 0.1) is 11.3 Å². The largest absolute Gasteiger partial charge is 0.326 e. The third kappa shape index (κ3) is 6.53.